The molecule has 0 aliphatic rings. The number of rotatable bonds is 2. The van der Waals surface area contributed by atoms with Crippen LogP contribution in [0.15, 0.2) is 18.2 Å². The molecule has 1 rings (SSSR count). The van der Waals surface area contributed by atoms with Crippen molar-refractivity contribution in [2.75, 3.05) is 13.7 Å². The van der Waals surface area contributed by atoms with Gasteiger partial charge in [-0.3, -0.25) is 4.79 Å². The highest BCUT2D eigenvalue weighted by molar-refractivity contribution is 6.32. The maximum atomic E-state index is 11.3. The summed E-state index contributed by atoms with van der Waals surface area (Å²) in [4.78, 5) is 11.3. The quantitative estimate of drug-likeness (QED) is 0.765. The molecule has 0 bridgehead atoms. The standard InChI is InChI=1S/C12H12ClNO2/c1-14-12(16)10-6-5-9(11(13)8-10)4-2-3-7-15/h5-6,8,15H,3,7H2,1H3,(H,14,16). The van der Waals surface area contributed by atoms with Gasteiger partial charge < -0.3 is 10.4 Å². The van der Waals surface area contributed by atoms with Crippen molar-refractivity contribution in [3.05, 3.63) is 34.3 Å². The van der Waals surface area contributed by atoms with Gasteiger partial charge >= 0.3 is 0 Å². The maximum absolute atomic E-state index is 11.3. The molecule has 0 aliphatic heterocycles. The van der Waals surface area contributed by atoms with E-state index < -0.39 is 0 Å². The van der Waals surface area contributed by atoms with Gasteiger partial charge in [-0.2, -0.15) is 0 Å². The number of nitrogens with one attached hydrogen (secondary N) is 1. The molecule has 0 saturated carbocycles. The Morgan fingerprint density at radius 2 is 2.31 bits per heavy atom. The van der Waals surface area contributed by atoms with E-state index in [2.05, 4.69) is 17.2 Å². The van der Waals surface area contributed by atoms with E-state index in [4.69, 9.17) is 16.7 Å². The summed E-state index contributed by atoms with van der Waals surface area (Å²) in [7, 11) is 1.56. The lowest BCUT2D eigenvalue weighted by Crippen LogP contribution is -2.17. The van der Waals surface area contributed by atoms with E-state index in [1.807, 2.05) is 0 Å². The molecule has 0 saturated heterocycles. The topological polar surface area (TPSA) is 49.3 Å². The van der Waals surface area contributed by atoms with Gasteiger partial charge in [0, 0.05) is 24.6 Å². The van der Waals surface area contributed by atoms with Crippen LogP contribution in [0.4, 0.5) is 0 Å². The first-order chi connectivity index (χ1) is 7.69. The predicted molar refractivity (Wildman–Crippen MR) is 63.4 cm³/mol. The molecule has 1 aromatic carbocycles. The zero-order chi connectivity index (χ0) is 12.0. The molecule has 0 aliphatic carbocycles. The highest BCUT2D eigenvalue weighted by Gasteiger charge is 2.05. The lowest BCUT2D eigenvalue weighted by Gasteiger charge is -2.01. The van der Waals surface area contributed by atoms with Crippen LogP contribution in [0.5, 0.6) is 0 Å². The fourth-order valence-electron chi connectivity index (χ4n) is 1.12. The summed E-state index contributed by atoms with van der Waals surface area (Å²) in [5.74, 6) is 5.41. The van der Waals surface area contributed by atoms with Crippen LogP contribution in [0.25, 0.3) is 0 Å². The molecular formula is C12H12ClNO2. The molecule has 0 radical (unpaired) electrons. The van der Waals surface area contributed by atoms with Crippen LogP contribution >= 0.6 is 11.6 Å². The van der Waals surface area contributed by atoms with Gasteiger partial charge in [-0.1, -0.05) is 23.4 Å². The van der Waals surface area contributed by atoms with E-state index in [-0.39, 0.29) is 12.5 Å². The minimum absolute atomic E-state index is 0.0287. The van der Waals surface area contributed by atoms with Crippen molar-refractivity contribution in [1.82, 2.24) is 5.32 Å². The largest absolute Gasteiger partial charge is 0.395 e. The molecule has 0 heterocycles. The first-order valence-corrected chi connectivity index (χ1v) is 5.18. The second-order valence-electron chi connectivity index (χ2n) is 3.05. The summed E-state index contributed by atoms with van der Waals surface area (Å²) >= 11 is 5.96. The summed E-state index contributed by atoms with van der Waals surface area (Å²) < 4.78 is 0. The number of aliphatic hydroxyl groups excluding tert-OH is 1. The smallest absolute Gasteiger partial charge is 0.251 e. The van der Waals surface area contributed by atoms with E-state index in [0.29, 0.717) is 22.6 Å². The minimum atomic E-state index is -0.184. The Morgan fingerprint density at radius 1 is 1.56 bits per heavy atom. The summed E-state index contributed by atoms with van der Waals surface area (Å²) in [5.41, 5.74) is 1.16. The SMILES string of the molecule is CNC(=O)c1ccc(C#CCCO)c(Cl)c1. The zero-order valence-electron chi connectivity index (χ0n) is 8.88. The summed E-state index contributed by atoms with van der Waals surface area (Å²) in [6.07, 6.45) is 0.410. The molecule has 1 amide bonds. The Kier molecular flexibility index (Phi) is 4.84. The molecule has 16 heavy (non-hydrogen) atoms. The third kappa shape index (κ3) is 3.27. The van der Waals surface area contributed by atoms with Gasteiger partial charge in [0.15, 0.2) is 0 Å². The molecule has 84 valence electrons. The highest BCUT2D eigenvalue weighted by atomic mass is 35.5. The molecule has 3 nitrogen and oxygen atoms in total. The average Bonchev–Trinajstić information content (AvgIpc) is 2.30. The van der Waals surface area contributed by atoms with Gasteiger partial charge in [0.05, 0.1) is 11.6 Å². The van der Waals surface area contributed by atoms with Crippen molar-refractivity contribution < 1.29 is 9.90 Å². The zero-order valence-corrected chi connectivity index (χ0v) is 9.64. The molecule has 0 aromatic heterocycles. The second-order valence-corrected chi connectivity index (χ2v) is 3.46. The summed E-state index contributed by atoms with van der Waals surface area (Å²) in [6, 6.07) is 4.92. The van der Waals surface area contributed by atoms with Crippen molar-refractivity contribution >= 4 is 17.5 Å². The number of carbonyl (C=O) groups is 1. The van der Waals surface area contributed by atoms with E-state index in [9.17, 15) is 4.79 Å². The molecule has 0 unspecified atom stereocenters. The van der Waals surface area contributed by atoms with E-state index in [0.717, 1.165) is 0 Å². The number of hydrogen-bond donors (Lipinski definition) is 2. The van der Waals surface area contributed by atoms with Crippen molar-refractivity contribution in [2.24, 2.45) is 0 Å². The van der Waals surface area contributed by atoms with Crippen molar-refractivity contribution in [3.63, 3.8) is 0 Å². The Bertz CT molecular complexity index is 446. The number of carbonyl (C=O) groups excluding carboxylic acids is 1. The molecule has 1 aromatic rings. The monoisotopic (exact) mass is 237 g/mol. The summed E-state index contributed by atoms with van der Waals surface area (Å²) in [6.45, 7) is 0.0287. The van der Waals surface area contributed by atoms with Crippen LogP contribution in [0.2, 0.25) is 5.02 Å². The second kappa shape index (κ2) is 6.16. The fourth-order valence-corrected chi connectivity index (χ4v) is 1.34. The van der Waals surface area contributed by atoms with Crippen LogP contribution in [0.3, 0.4) is 0 Å². The average molecular weight is 238 g/mol. The van der Waals surface area contributed by atoms with Crippen molar-refractivity contribution in [3.8, 4) is 11.8 Å². The van der Waals surface area contributed by atoms with Crippen LogP contribution in [0.1, 0.15) is 22.3 Å². The van der Waals surface area contributed by atoms with Gasteiger partial charge in [0.1, 0.15) is 0 Å². The van der Waals surface area contributed by atoms with Gasteiger partial charge in [-0.15, -0.1) is 0 Å². The highest BCUT2D eigenvalue weighted by Crippen LogP contribution is 2.16. The summed E-state index contributed by atoms with van der Waals surface area (Å²) in [5, 5.41) is 11.5. The number of hydrogen-bond acceptors (Lipinski definition) is 2. The number of benzene rings is 1. The maximum Gasteiger partial charge on any atom is 0.251 e. The van der Waals surface area contributed by atoms with Gasteiger partial charge in [0.25, 0.3) is 5.91 Å². The molecule has 0 fully saturated rings. The van der Waals surface area contributed by atoms with Crippen LogP contribution in [-0.4, -0.2) is 24.7 Å². The fraction of sp³-hybridized carbons (Fsp3) is 0.250. The first kappa shape index (κ1) is 12.6. The van der Waals surface area contributed by atoms with Crippen LogP contribution in [0, 0.1) is 11.8 Å². The number of amides is 1. The Labute approximate surface area is 99.4 Å². The van der Waals surface area contributed by atoms with Crippen molar-refractivity contribution in [1.29, 1.82) is 0 Å². The Balaban J connectivity index is 2.93. The molecule has 4 heteroatoms. The third-order valence-corrected chi connectivity index (χ3v) is 2.23. The number of aliphatic hydroxyl groups is 1. The van der Waals surface area contributed by atoms with Crippen molar-refractivity contribution in [2.45, 2.75) is 6.42 Å². The van der Waals surface area contributed by atoms with E-state index >= 15 is 0 Å². The lowest BCUT2D eigenvalue weighted by atomic mass is 10.1. The third-order valence-electron chi connectivity index (χ3n) is 1.92. The van der Waals surface area contributed by atoms with Gasteiger partial charge in [0.2, 0.25) is 0 Å². The first-order valence-electron chi connectivity index (χ1n) is 4.80. The molecule has 0 atom stereocenters. The van der Waals surface area contributed by atoms with Gasteiger partial charge in [-0.25, -0.2) is 0 Å². The molecule has 2 N–H and O–H groups in total. The predicted octanol–water partition coefficient (Wildman–Crippen LogP) is 1.43. The molecule has 0 spiro atoms. The van der Waals surface area contributed by atoms with E-state index in [1.54, 1.807) is 25.2 Å². The van der Waals surface area contributed by atoms with Crippen LogP contribution < -0.4 is 5.32 Å². The minimum Gasteiger partial charge on any atom is -0.395 e. The van der Waals surface area contributed by atoms with Gasteiger partial charge in [-0.05, 0) is 18.2 Å². The normalized spacial score (nSPS) is 9.19. The van der Waals surface area contributed by atoms with E-state index in [1.165, 1.54) is 0 Å². The Morgan fingerprint density at radius 3 is 2.88 bits per heavy atom. The number of halogens is 1. The lowest BCUT2D eigenvalue weighted by molar-refractivity contribution is 0.0963. The molecular weight excluding hydrogens is 226 g/mol. The van der Waals surface area contributed by atoms with Crippen LogP contribution in [-0.2, 0) is 0 Å². The Hall–Kier alpha value is -1.50.